The van der Waals surface area contributed by atoms with Gasteiger partial charge in [0, 0.05) is 37.6 Å². The summed E-state index contributed by atoms with van der Waals surface area (Å²) in [5, 5.41) is 6.61. The van der Waals surface area contributed by atoms with E-state index < -0.39 is 0 Å². The number of hydrogen-bond donors (Lipinski definition) is 2. The quantitative estimate of drug-likeness (QED) is 0.735. The molecular weight excluding hydrogens is 238 g/mol. The first-order chi connectivity index (χ1) is 9.15. The summed E-state index contributed by atoms with van der Waals surface area (Å²) in [4.78, 5) is 14.3. The SMILES string of the molecule is CC(C)NCC1CCCCN1CCC(=O)NC1CC1. The Labute approximate surface area is 117 Å². The van der Waals surface area contributed by atoms with Crippen molar-refractivity contribution >= 4 is 5.91 Å². The van der Waals surface area contributed by atoms with Crippen molar-refractivity contribution in [1.29, 1.82) is 0 Å². The van der Waals surface area contributed by atoms with Gasteiger partial charge in [-0.25, -0.2) is 0 Å². The average Bonchev–Trinajstić information content (AvgIpc) is 3.18. The molecule has 1 atom stereocenters. The number of amides is 1. The molecule has 2 N–H and O–H groups in total. The number of nitrogens with zero attached hydrogens (tertiary/aromatic N) is 1. The van der Waals surface area contributed by atoms with Crippen LogP contribution in [0.4, 0.5) is 0 Å². The summed E-state index contributed by atoms with van der Waals surface area (Å²) in [5.41, 5.74) is 0. The third-order valence-corrected chi connectivity index (χ3v) is 4.08. The predicted octanol–water partition coefficient (Wildman–Crippen LogP) is 1.51. The molecule has 2 rings (SSSR count). The molecule has 1 unspecified atom stereocenters. The largest absolute Gasteiger partial charge is 0.353 e. The van der Waals surface area contributed by atoms with E-state index in [1.165, 1.54) is 32.1 Å². The second-order valence-electron chi connectivity index (χ2n) is 6.34. The minimum atomic E-state index is 0.239. The fraction of sp³-hybridized carbons (Fsp3) is 0.933. The molecule has 2 fully saturated rings. The molecule has 0 aromatic heterocycles. The van der Waals surface area contributed by atoms with Gasteiger partial charge in [-0.05, 0) is 32.2 Å². The van der Waals surface area contributed by atoms with Crippen molar-refractivity contribution in [3.8, 4) is 0 Å². The number of piperidine rings is 1. The van der Waals surface area contributed by atoms with Crippen LogP contribution in [0.15, 0.2) is 0 Å². The first-order valence-corrected chi connectivity index (χ1v) is 7.92. The summed E-state index contributed by atoms with van der Waals surface area (Å²) in [6.45, 7) is 7.51. The maximum atomic E-state index is 11.8. The van der Waals surface area contributed by atoms with E-state index in [-0.39, 0.29) is 5.91 Å². The molecule has 1 aliphatic carbocycles. The van der Waals surface area contributed by atoms with E-state index in [0.29, 0.717) is 24.5 Å². The maximum Gasteiger partial charge on any atom is 0.221 e. The lowest BCUT2D eigenvalue weighted by molar-refractivity contribution is -0.121. The molecule has 0 aromatic rings. The molecule has 0 bridgehead atoms. The molecule has 1 saturated carbocycles. The zero-order chi connectivity index (χ0) is 13.7. The van der Waals surface area contributed by atoms with Crippen molar-refractivity contribution in [3.05, 3.63) is 0 Å². The van der Waals surface area contributed by atoms with Gasteiger partial charge in [0.05, 0.1) is 0 Å². The summed E-state index contributed by atoms with van der Waals surface area (Å²) in [6.07, 6.45) is 6.89. The molecule has 0 spiro atoms. The second-order valence-corrected chi connectivity index (χ2v) is 6.34. The molecule has 4 heteroatoms. The van der Waals surface area contributed by atoms with Crippen molar-refractivity contribution < 1.29 is 4.79 Å². The Morgan fingerprint density at radius 3 is 2.74 bits per heavy atom. The Morgan fingerprint density at radius 1 is 1.26 bits per heavy atom. The van der Waals surface area contributed by atoms with Crippen LogP contribution in [0.1, 0.15) is 52.4 Å². The van der Waals surface area contributed by atoms with Gasteiger partial charge in [-0.1, -0.05) is 20.3 Å². The zero-order valence-electron chi connectivity index (χ0n) is 12.5. The van der Waals surface area contributed by atoms with Crippen molar-refractivity contribution in [2.24, 2.45) is 0 Å². The van der Waals surface area contributed by atoms with Crippen LogP contribution in [0, 0.1) is 0 Å². The lowest BCUT2D eigenvalue weighted by Crippen LogP contribution is -2.47. The van der Waals surface area contributed by atoms with E-state index in [0.717, 1.165) is 19.6 Å². The molecule has 1 aliphatic heterocycles. The maximum absolute atomic E-state index is 11.8. The first kappa shape index (κ1) is 14.8. The van der Waals surface area contributed by atoms with Crippen LogP contribution in [-0.4, -0.2) is 48.6 Å². The standard InChI is InChI=1S/C15H29N3O/c1-12(2)16-11-14-5-3-4-9-18(14)10-8-15(19)17-13-6-7-13/h12-14,16H,3-11H2,1-2H3,(H,17,19). The summed E-state index contributed by atoms with van der Waals surface area (Å²) < 4.78 is 0. The van der Waals surface area contributed by atoms with E-state index in [1.54, 1.807) is 0 Å². The lowest BCUT2D eigenvalue weighted by atomic mass is 10.0. The van der Waals surface area contributed by atoms with Crippen LogP contribution in [0.2, 0.25) is 0 Å². The van der Waals surface area contributed by atoms with Crippen molar-refractivity contribution in [2.75, 3.05) is 19.6 Å². The van der Waals surface area contributed by atoms with Crippen LogP contribution in [0.25, 0.3) is 0 Å². The summed E-state index contributed by atoms with van der Waals surface area (Å²) in [6, 6.07) is 1.65. The fourth-order valence-electron chi connectivity index (χ4n) is 2.73. The molecule has 110 valence electrons. The fourth-order valence-corrected chi connectivity index (χ4v) is 2.73. The molecule has 19 heavy (non-hydrogen) atoms. The van der Waals surface area contributed by atoms with Gasteiger partial charge in [0.15, 0.2) is 0 Å². The Balaban J connectivity index is 1.69. The van der Waals surface area contributed by atoms with Crippen molar-refractivity contribution in [3.63, 3.8) is 0 Å². The van der Waals surface area contributed by atoms with Gasteiger partial charge in [-0.3, -0.25) is 9.69 Å². The topological polar surface area (TPSA) is 44.4 Å². The molecule has 0 aromatic carbocycles. The Morgan fingerprint density at radius 2 is 2.05 bits per heavy atom. The predicted molar refractivity (Wildman–Crippen MR) is 78.1 cm³/mol. The van der Waals surface area contributed by atoms with Crippen molar-refractivity contribution in [1.82, 2.24) is 15.5 Å². The van der Waals surface area contributed by atoms with Gasteiger partial charge in [0.25, 0.3) is 0 Å². The van der Waals surface area contributed by atoms with Crippen LogP contribution in [-0.2, 0) is 4.79 Å². The van der Waals surface area contributed by atoms with Gasteiger partial charge in [0.1, 0.15) is 0 Å². The minimum absolute atomic E-state index is 0.239. The summed E-state index contributed by atoms with van der Waals surface area (Å²) >= 11 is 0. The highest BCUT2D eigenvalue weighted by atomic mass is 16.1. The zero-order valence-corrected chi connectivity index (χ0v) is 12.5. The Kier molecular flexibility index (Phi) is 5.64. The van der Waals surface area contributed by atoms with Crippen LogP contribution in [0.3, 0.4) is 0 Å². The summed E-state index contributed by atoms with van der Waals surface area (Å²) in [5.74, 6) is 0.239. The number of carbonyl (C=O) groups is 1. The average molecular weight is 267 g/mol. The van der Waals surface area contributed by atoms with E-state index in [4.69, 9.17) is 0 Å². The van der Waals surface area contributed by atoms with Gasteiger partial charge >= 0.3 is 0 Å². The van der Waals surface area contributed by atoms with E-state index in [1.807, 2.05) is 0 Å². The Bertz CT molecular complexity index is 289. The summed E-state index contributed by atoms with van der Waals surface area (Å²) in [7, 11) is 0. The number of likely N-dealkylation sites (tertiary alicyclic amines) is 1. The van der Waals surface area contributed by atoms with Gasteiger partial charge < -0.3 is 10.6 Å². The number of nitrogens with one attached hydrogen (secondary N) is 2. The monoisotopic (exact) mass is 267 g/mol. The molecule has 1 saturated heterocycles. The number of carbonyl (C=O) groups excluding carboxylic acids is 1. The normalized spacial score (nSPS) is 24.7. The third-order valence-electron chi connectivity index (χ3n) is 4.08. The molecule has 1 heterocycles. The lowest BCUT2D eigenvalue weighted by Gasteiger charge is -2.36. The second kappa shape index (κ2) is 7.25. The highest BCUT2D eigenvalue weighted by molar-refractivity contribution is 5.76. The van der Waals surface area contributed by atoms with Crippen molar-refractivity contribution in [2.45, 2.75) is 70.5 Å². The highest BCUT2D eigenvalue weighted by Crippen LogP contribution is 2.19. The first-order valence-electron chi connectivity index (χ1n) is 7.92. The highest BCUT2D eigenvalue weighted by Gasteiger charge is 2.25. The smallest absolute Gasteiger partial charge is 0.221 e. The van der Waals surface area contributed by atoms with Gasteiger partial charge in [0.2, 0.25) is 5.91 Å². The van der Waals surface area contributed by atoms with E-state index >= 15 is 0 Å². The van der Waals surface area contributed by atoms with Crippen LogP contribution < -0.4 is 10.6 Å². The van der Waals surface area contributed by atoms with Gasteiger partial charge in [-0.15, -0.1) is 0 Å². The third kappa shape index (κ3) is 5.49. The molecule has 2 aliphatic rings. The number of hydrogen-bond acceptors (Lipinski definition) is 3. The molecule has 1 amide bonds. The van der Waals surface area contributed by atoms with E-state index in [2.05, 4.69) is 29.4 Å². The van der Waals surface area contributed by atoms with Gasteiger partial charge in [-0.2, -0.15) is 0 Å². The van der Waals surface area contributed by atoms with Crippen LogP contribution in [0.5, 0.6) is 0 Å². The molecular formula is C15H29N3O. The minimum Gasteiger partial charge on any atom is -0.353 e. The molecule has 0 radical (unpaired) electrons. The Hall–Kier alpha value is -0.610. The van der Waals surface area contributed by atoms with E-state index in [9.17, 15) is 4.79 Å². The molecule has 4 nitrogen and oxygen atoms in total. The number of rotatable bonds is 7. The van der Waals surface area contributed by atoms with Crippen LogP contribution >= 0.6 is 0 Å².